The van der Waals surface area contributed by atoms with E-state index in [1.54, 1.807) is 37.8 Å². The summed E-state index contributed by atoms with van der Waals surface area (Å²) in [4.78, 5) is 16.2. The Labute approximate surface area is 123 Å². The Kier molecular flexibility index (Phi) is 5.20. The highest BCUT2D eigenvalue weighted by Crippen LogP contribution is 2.30. The maximum atomic E-state index is 12.2. The second-order valence-corrected chi connectivity index (χ2v) is 4.45. The van der Waals surface area contributed by atoms with Crippen LogP contribution in [-0.4, -0.2) is 36.2 Å². The van der Waals surface area contributed by atoms with Crippen LogP contribution in [0.1, 0.15) is 16.8 Å². The maximum absolute atomic E-state index is 12.2. The number of hydrogen-bond donors (Lipinski definition) is 1. The zero-order valence-electron chi connectivity index (χ0n) is 12.2. The van der Waals surface area contributed by atoms with Crippen molar-refractivity contribution in [3.05, 3.63) is 42.5 Å². The molecule has 0 fully saturated rings. The van der Waals surface area contributed by atoms with Crippen LogP contribution in [0.3, 0.4) is 0 Å². The SMILES string of the molecule is COc1cccc(C(=O)NCCCn2ccnc2)c1OC. The Morgan fingerprint density at radius 2 is 2.19 bits per heavy atom. The van der Waals surface area contributed by atoms with E-state index in [0.717, 1.165) is 13.0 Å². The van der Waals surface area contributed by atoms with E-state index in [2.05, 4.69) is 10.3 Å². The first-order chi connectivity index (χ1) is 10.3. The van der Waals surface area contributed by atoms with Gasteiger partial charge >= 0.3 is 0 Å². The number of nitrogens with one attached hydrogen (secondary N) is 1. The van der Waals surface area contributed by atoms with Crippen LogP contribution in [0.4, 0.5) is 0 Å². The molecule has 0 aliphatic carbocycles. The summed E-state index contributed by atoms with van der Waals surface area (Å²) in [5.41, 5.74) is 0.472. The van der Waals surface area contributed by atoms with E-state index >= 15 is 0 Å². The van der Waals surface area contributed by atoms with Crippen molar-refractivity contribution < 1.29 is 14.3 Å². The average molecular weight is 289 g/mol. The lowest BCUT2D eigenvalue weighted by Gasteiger charge is -2.12. The molecule has 6 nitrogen and oxygen atoms in total. The van der Waals surface area contributed by atoms with Crippen molar-refractivity contribution in [3.63, 3.8) is 0 Å². The molecule has 0 saturated carbocycles. The third-order valence-electron chi connectivity index (χ3n) is 3.09. The summed E-state index contributed by atoms with van der Waals surface area (Å²) in [5.74, 6) is 0.826. The molecule has 0 radical (unpaired) electrons. The van der Waals surface area contributed by atoms with Crippen LogP contribution in [0.25, 0.3) is 0 Å². The number of aryl methyl sites for hydroxylation is 1. The standard InChI is InChI=1S/C15H19N3O3/c1-20-13-6-3-5-12(14(13)21-2)15(19)17-7-4-9-18-10-8-16-11-18/h3,5-6,8,10-11H,4,7,9H2,1-2H3,(H,17,19). The third kappa shape index (κ3) is 3.75. The van der Waals surface area contributed by atoms with Crippen molar-refractivity contribution in [2.75, 3.05) is 20.8 Å². The summed E-state index contributed by atoms with van der Waals surface area (Å²) < 4.78 is 12.4. The number of imidazole rings is 1. The molecule has 6 heteroatoms. The minimum Gasteiger partial charge on any atom is -0.493 e. The van der Waals surface area contributed by atoms with Gasteiger partial charge in [0.05, 0.1) is 26.1 Å². The number of amides is 1. The van der Waals surface area contributed by atoms with Gasteiger partial charge in [0.2, 0.25) is 0 Å². The van der Waals surface area contributed by atoms with Crippen LogP contribution in [0.5, 0.6) is 11.5 Å². The first kappa shape index (κ1) is 14.9. The molecule has 1 N–H and O–H groups in total. The molecule has 112 valence electrons. The summed E-state index contributed by atoms with van der Waals surface area (Å²) in [7, 11) is 3.07. The number of hydrogen-bond acceptors (Lipinski definition) is 4. The molecule has 0 bridgehead atoms. The monoisotopic (exact) mass is 289 g/mol. The lowest BCUT2D eigenvalue weighted by Crippen LogP contribution is -2.25. The lowest BCUT2D eigenvalue weighted by atomic mass is 10.1. The highest BCUT2D eigenvalue weighted by molar-refractivity contribution is 5.97. The van der Waals surface area contributed by atoms with Gasteiger partial charge in [-0.15, -0.1) is 0 Å². The van der Waals surface area contributed by atoms with Gasteiger partial charge < -0.3 is 19.4 Å². The topological polar surface area (TPSA) is 65.4 Å². The van der Waals surface area contributed by atoms with E-state index in [-0.39, 0.29) is 5.91 Å². The number of rotatable bonds is 7. The highest BCUT2D eigenvalue weighted by Gasteiger charge is 2.15. The molecular formula is C15H19N3O3. The van der Waals surface area contributed by atoms with Gasteiger partial charge in [-0.1, -0.05) is 6.07 Å². The van der Waals surface area contributed by atoms with Crippen LogP contribution in [0.2, 0.25) is 0 Å². The number of carbonyl (C=O) groups is 1. The maximum Gasteiger partial charge on any atom is 0.255 e. The number of carbonyl (C=O) groups excluding carboxylic acids is 1. The minimum atomic E-state index is -0.170. The quantitative estimate of drug-likeness (QED) is 0.788. The van der Waals surface area contributed by atoms with E-state index in [4.69, 9.17) is 9.47 Å². The zero-order chi connectivity index (χ0) is 15.1. The van der Waals surface area contributed by atoms with Gasteiger partial charge in [-0.25, -0.2) is 4.98 Å². The molecule has 1 aromatic heterocycles. The van der Waals surface area contributed by atoms with Crippen LogP contribution < -0.4 is 14.8 Å². The van der Waals surface area contributed by atoms with E-state index in [1.807, 2.05) is 10.8 Å². The van der Waals surface area contributed by atoms with Crippen LogP contribution in [0.15, 0.2) is 36.9 Å². The van der Waals surface area contributed by atoms with E-state index in [0.29, 0.717) is 23.6 Å². The van der Waals surface area contributed by atoms with Gasteiger partial charge in [-0.05, 0) is 18.6 Å². The first-order valence-corrected chi connectivity index (χ1v) is 6.71. The fourth-order valence-corrected chi connectivity index (χ4v) is 2.04. The van der Waals surface area contributed by atoms with Crippen molar-refractivity contribution >= 4 is 5.91 Å². The van der Waals surface area contributed by atoms with Gasteiger partial charge in [0.25, 0.3) is 5.91 Å². The zero-order valence-corrected chi connectivity index (χ0v) is 12.2. The lowest BCUT2D eigenvalue weighted by molar-refractivity contribution is 0.0949. The van der Waals surface area contributed by atoms with Gasteiger partial charge in [0.1, 0.15) is 0 Å². The summed E-state index contributed by atoms with van der Waals surface area (Å²) in [6.45, 7) is 1.40. The Morgan fingerprint density at radius 1 is 1.33 bits per heavy atom. The predicted octanol–water partition coefficient (Wildman–Crippen LogP) is 1.72. The summed E-state index contributed by atoms with van der Waals surface area (Å²) in [5, 5.41) is 2.88. The number of ether oxygens (including phenoxy) is 2. The van der Waals surface area contributed by atoms with E-state index in [9.17, 15) is 4.79 Å². The molecule has 0 unspecified atom stereocenters. The molecular weight excluding hydrogens is 270 g/mol. The molecule has 2 rings (SSSR count). The summed E-state index contributed by atoms with van der Waals surface area (Å²) >= 11 is 0. The van der Waals surface area contributed by atoms with Crippen molar-refractivity contribution in [1.29, 1.82) is 0 Å². The minimum absolute atomic E-state index is 0.170. The molecule has 21 heavy (non-hydrogen) atoms. The van der Waals surface area contributed by atoms with Crippen molar-refractivity contribution in [2.24, 2.45) is 0 Å². The molecule has 0 spiro atoms. The Bertz CT molecular complexity index is 582. The highest BCUT2D eigenvalue weighted by atomic mass is 16.5. The fourth-order valence-electron chi connectivity index (χ4n) is 2.04. The molecule has 0 atom stereocenters. The molecule has 1 aromatic carbocycles. The Hall–Kier alpha value is -2.50. The number of para-hydroxylation sites is 1. The Balaban J connectivity index is 1.91. The number of methoxy groups -OCH3 is 2. The van der Waals surface area contributed by atoms with E-state index < -0.39 is 0 Å². The van der Waals surface area contributed by atoms with Gasteiger partial charge in [-0.2, -0.15) is 0 Å². The smallest absolute Gasteiger partial charge is 0.255 e. The summed E-state index contributed by atoms with van der Waals surface area (Å²) in [6, 6.07) is 5.24. The van der Waals surface area contributed by atoms with Crippen molar-refractivity contribution in [2.45, 2.75) is 13.0 Å². The van der Waals surface area contributed by atoms with Gasteiger partial charge in [-0.3, -0.25) is 4.79 Å². The largest absolute Gasteiger partial charge is 0.493 e. The Morgan fingerprint density at radius 3 is 2.86 bits per heavy atom. The van der Waals surface area contributed by atoms with Crippen molar-refractivity contribution in [1.82, 2.24) is 14.9 Å². The van der Waals surface area contributed by atoms with Gasteiger partial charge in [0, 0.05) is 25.5 Å². The number of nitrogens with zero attached hydrogens (tertiary/aromatic N) is 2. The predicted molar refractivity (Wildman–Crippen MR) is 78.7 cm³/mol. The van der Waals surface area contributed by atoms with Gasteiger partial charge in [0.15, 0.2) is 11.5 Å². The number of aromatic nitrogens is 2. The molecule has 1 heterocycles. The molecule has 2 aromatic rings. The van der Waals surface area contributed by atoms with Crippen LogP contribution in [-0.2, 0) is 6.54 Å². The van der Waals surface area contributed by atoms with Crippen LogP contribution >= 0.6 is 0 Å². The fraction of sp³-hybridized carbons (Fsp3) is 0.333. The third-order valence-corrected chi connectivity index (χ3v) is 3.09. The van der Waals surface area contributed by atoms with Crippen LogP contribution in [0, 0.1) is 0 Å². The normalized spacial score (nSPS) is 10.2. The first-order valence-electron chi connectivity index (χ1n) is 6.71. The second-order valence-electron chi connectivity index (χ2n) is 4.45. The summed E-state index contributed by atoms with van der Waals surface area (Å²) in [6.07, 6.45) is 6.22. The molecule has 0 aliphatic heterocycles. The van der Waals surface area contributed by atoms with E-state index in [1.165, 1.54) is 7.11 Å². The van der Waals surface area contributed by atoms with Crippen molar-refractivity contribution in [3.8, 4) is 11.5 Å². The number of benzene rings is 1. The molecule has 0 aliphatic rings. The average Bonchev–Trinajstić information content (AvgIpc) is 3.03. The second kappa shape index (κ2) is 7.33. The molecule has 1 amide bonds. The molecule has 0 saturated heterocycles.